The molecule has 4 amide bonds. The molecule has 0 spiro atoms. The molecule has 40 heavy (non-hydrogen) atoms. The third kappa shape index (κ3) is 7.13. The molecular weight excluding hydrogens is 516 g/mol. The van der Waals surface area contributed by atoms with Gasteiger partial charge in [0.1, 0.15) is 24.4 Å². The minimum absolute atomic E-state index is 0.0126. The van der Waals surface area contributed by atoms with Gasteiger partial charge in [0.05, 0.1) is 5.69 Å². The van der Waals surface area contributed by atoms with Crippen LogP contribution in [-0.2, 0) is 16.0 Å². The average molecular weight is 551 g/mol. The first-order chi connectivity index (χ1) is 19.2. The van der Waals surface area contributed by atoms with Crippen molar-refractivity contribution in [3.8, 4) is 0 Å². The predicted molar refractivity (Wildman–Crippen MR) is 143 cm³/mol. The minimum Gasteiger partial charge on any atom is -0.446 e. The fourth-order valence-corrected chi connectivity index (χ4v) is 4.43. The van der Waals surface area contributed by atoms with E-state index < -0.39 is 41.8 Å². The van der Waals surface area contributed by atoms with E-state index in [-0.39, 0.29) is 29.7 Å². The molecule has 12 heteroatoms. The number of rotatable bonds is 5. The average Bonchev–Trinajstić information content (AvgIpc) is 3.59. The van der Waals surface area contributed by atoms with Crippen molar-refractivity contribution in [3.05, 3.63) is 71.6 Å². The summed E-state index contributed by atoms with van der Waals surface area (Å²) in [5.41, 5.74) is 1.42. The summed E-state index contributed by atoms with van der Waals surface area (Å²) >= 11 is 0. The molecule has 2 bridgehead atoms. The number of hydrogen-bond donors (Lipinski definition) is 4. The summed E-state index contributed by atoms with van der Waals surface area (Å²) in [6.07, 6.45) is 4.11. The smallest absolute Gasteiger partial charge is 0.289 e. The van der Waals surface area contributed by atoms with E-state index in [9.17, 15) is 19.2 Å². The van der Waals surface area contributed by atoms with E-state index in [1.165, 1.54) is 6.26 Å². The maximum atomic E-state index is 13.6. The molecule has 12 nitrogen and oxygen atoms in total. The molecule has 3 aromatic rings. The summed E-state index contributed by atoms with van der Waals surface area (Å²) in [6, 6.07) is 6.91. The normalized spacial score (nSPS) is 20.9. The van der Waals surface area contributed by atoms with Gasteiger partial charge in [-0.15, -0.1) is 0 Å². The molecule has 1 aliphatic heterocycles. The Hall–Kier alpha value is -4.48. The second-order valence-corrected chi connectivity index (χ2v) is 10.1. The van der Waals surface area contributed by atoms with Crippen LogP contribution in [0.2, 0.25) is 0 Å². The van der Waals surface area contributed by atoms with Crippen molar-refractivity contribution >= 4 is 23.6 Å². The molecule has 2 aromatic heterocycles. The highest BCUT2D eigenvalue weighted by Gasteiger charge is 2.32. The Labute approximate surface area is 231 Å². The van der Waals surface area contributed by atoms with E-state index in [2.05, 4.69) is 31.2 Å². The molecule has 4 N–H and O–H groups in total. The SMILES string of the molecule is Cc1ncoc1C(=O)N[C@H]1CCCCNC(=O)c2coc(n2)[C@@H](Cc2ccccc2)NC(=O)[C@H](C(C)C)NC1=O. The molecule has 0 saturated carbocycles. The van der Waals surface area contributed by atoms with Crippen LogP contribution >= 0.6 is 0 Å². The van der Waals surface area contributed by atoms with Gasteiger partial charge < -0.3 is 30.1 Å². The summed E-state index contributed by atoms with van der Waals surface area (Å²) in [7, 11) is 0. The Morgan fingerprint density at radius 3 is 2.55 bits per heavy atom. The van der Waals surface area contributed by atoms with Gasteiger partial charge in [0.15, 0.2) is 12.1 Å². The standard InChI is InChI=1S/C28H34N6O6/c1-16(2)22-26(37)32-20(13-18-9-5-4-6-10-18)28-33-21(14-39-28)24(35)29-12-8-7-11-19(25(36)34-22)31-27(38)23-17(3)30-15-40-23/h4-6,9-10,14-16,19-20,22H,7-8,11-13H2,1-3H3,(H,29,35)(H,31,38)(H,32,37)(H,34,36)/t19-,20+,22-/m0/s1. The van der Waals surface area contributed by atoms with Gasteiger partial charge in [0, 0.05) is 13.0 Å². The molecule has 4 rings (SSSR count). The van der Waals surface area contributed by atoms with Gasteiger partial charge in [0.2, 0.25) is 23.5 Å². The lowest BCUT2D eigenvalue weighted by molar-refractivity contribution is -0.131. The summed E-state index contributed by atoms with van der Waals surface area (Å²) in [5, 5.41) is 11.3. The molecule has 0 aliphatic carbocycles. The van der Waals surface area contributed by atoms with Gasteiger partial charge in [-0.25, -0.2) is 9.97 Å². The maximum absolute atomic E-state index is 13.6. The highest BCUT2D eigenvalue weighted by atomic mass is 16.4. The first kappa shape index (κ1) is 28.5. The number of benzene rings is 1. The van der Waals surface area contributed by atoms with Crippen molar-refractivity contribution in [1.82, 2.24) is 31.2 Å². The maximum Gasteiger partial charge on any atom is 0.289 e. The third-order valence-corrected chi connectivity index (χ3v) is 6.68. The van der Waals surface area contributed by atoms with Crippen molar-refractivity contribution in [2.24, 2.45) is 5.92 Å². The lowest BCUT2D eigenvalue weighted by Crippen LogP contribution is -2.56. The van der Waals surface area contributed by atoms with Crippen LogP contribution in [0, 0.1) is 12.8 Å². The zero-order chi connectivity index (χ0) is 28.6. The number of aryl methyl sites for hydroxylation is 1. The van der Waals surface area contributed by atoms with Crippen LogP contribution in [0.15, 0.2) is 51.8 Å². The fraction of sp³-hybridized carbons (Fsp3) is 0.429. The molecule has 0 saturated heterocycles. The van der Waals surface area contributed by atoms with Gasteiger partial charge >= 0.3 is 0 Å². The Balaban J connectivity index is 1.60. The molecular formula is C28H34N6O6. The molecule has 3 atom stereocenters. The largest absolute Gasteiger partial charge is 0.446 e. The summed E-state index contributed by atoms with van der Waals surface area (Å²) in [4.78, 5) is 60.8. The van der Waals surface area contributed by atoms with Gasteiger partial charge in [-0.1, -0.05) is 44.2 Å². The molecule has 1 aromatic carbocycles. The van der Waals surface area contributed by atoms with Crippen LogP contribution in [0.1, 0.15) is 77.3 Å². The van der Waals surface area contributed by atoms with Crippen LogP contribution in [0.3, 0.4) is 0 Å². The lowest BCUT2D eigenvalue weighted by Gasteiger charge is -2.27. The van der Waals surface area contributed by atoms with Gasteiger partial charge in [0.25, 0.3) is 11.8 Å². The van der Waals surface area contributed by atoms with Crippen LogP contribution in [0.4, 0.5) is 0 Å². The molecule has 0 unspecified atom stereocenters. The third-order valence-electron chi connectivity index (χ3n) is 6.68. The topological polar surface area (TPSA) is 168 Å². The Bertz CT molecular complexity index is 1330. The summed E-state index contributed by atoms with van der Waals surface area (Å²) in [6.45, 7) is 5.59. The Morgan fingerprint density at radius 2 is 1.85 bits per heavy atom. The van der Waals surface area contributed by atoms with E-state index in [0.29, 0.717) is 31.5 Å². The number of hydrogen-bond acceptors (Lipinski definition) is 8. The summed E-state index contributed by atoms with van der Waals surface area (Å²) in [5.74, 6) is -2.03. The van der Waals surface area contributed by atoms with Crippen LogP contribution in [-0.4, -0.2) is 52.2 Å². The number of amides is 4. The molecule has 1 aliphatic rings. The van der Waals surface area contributed by atoms with Gasteiger partial charge in [-0.3, -0.25) is 19.2 Å². The second-order valence-electron chi connectivity index (χ2n) is 10.1. The van der Waals surface area contributed by atoms with Crippen molar-refractivity contribution in [1.29, 1.82) is 0 Å². The highest BCUT2D eigenvalue weighted by Crippen LogP contribution is 2.20. The fourth-order valence-electron chi connectivity index (χ4n) is 4.43. The zero-order valence-corrected chi connectivity index (χ0v) is 22.7. The van der Waals surface area contributed by atoms with E-state index in [0.717, 1.165) is 12.0 Å². The zero-order valence-electron chi connectivity index (χ0n) is 22.7. The molecule has 0 fully saturated rings. The molecule has 3 heterocycles. The second kappa shape index (κ2) is 13.0. The van der Waals surface area contributed by atoms with Crippen LogP contribution < -0.4 is 21.3 Å². The molecule has 212 valence electrons. The van der Waals surface area contributed by atoms with Crippen molar-refractivity contribution in [2.45, 2.75) is 64.6 Å². The number of carbonyl (C=O) groups excluding carboxylic acids is 4. The first-order valence-corrected chi connectivity index (χ1v) is 13.3. The van der Waals surface area contributed by atoms with Crippen molar-refractivity contribution in [2.75, 3.05) is 6.54 Å². The number of oxazole rings is 2. The first-order valence-electron chi connectivity index (χ1n) is 13.3. The highest BCUT2D eigenvalue weighted by molar-refractivity contribution is 5.97. The summed E-state index contributed by atoms with van der Waals surface area (Å²) < 4.78 is 10.8. The number of nitrogens with one attached hydrogen (secondary N) is 4. The van der Waals surface area contributed by atoms with Crippen LogP contribution in [0.25, 0.3) is 0 Å². The quantitative estimate of drug-likeness (QED) is 0.375. The number of aromatic nitrogens is 2. The van der Waals surface area contributed by atoms with Crippen molar-refractivity contribution < 1.29 is 28.0 Å². The van der Waals surface area contributed by atoms with E-state index >= 15 is 0 Å². The lowest BCUT2D eigenvalue weighted by atomic mass is 10.00. The van der Waals surface area contributed by atoms with E-state index in [4.69, 9.17) is 8.83 Å². The predicted octanol–water partition coefficient (Wildman–Crippen LogP) is 2.22. The van der Waals surface area contributed by atoms with Gasteiger partial charge in [-0.05, 0) is 37.7 Å². The van der Waals surface area contributed by atoms with Crippen molar-refractivity contribution in [3.63, 3.8) is 0 Å². The van der Waals surface area contributed by atoms with E-state index in [1.54, 1.807) is 6.92 Å². The molecule has 0 radical (unpaired) electrons. The number of carbonyl (C=O) groups is 4. The minimum atomic E-state index is -0.943. The number of nitrogens with zero attached hydrogens (tertiary/aromatic N) is 2. The monoisotopic (exact) mass is 550 g/mol. The Morgan fingerprint density at radius 1 is 1.07 bits per heavy atom. The Kier molecular flexibility index (Phi) is 9.31. The number of fused-ring (bicyclic) bond motifs is 2. The van der Waals surface area contributed by atoms with Gasteiger partial charge in [-0.2, -0.15) is 0 Å². The van der Waals surface area contributed by atoms with E-state index in [1.807, 2.05) is 44.2 Å². The van der Waals surface area contributed by atoms with Crippen LogP contribution in [0.5, 0.6) is 0 Å².